The maximum atomic E-state index is 11.3. The number of hydrogen-bond acceptors (Lipinski definition) is 4. The number of nitrogens with two attached hydrogens (primary N) is 2. The number of para-hydroxylation sites is 1. The maximum Gasteiger partial charge on any atom is 0.240 e. The number of unbranched alkanes of at least 4 members (excludes halogenated alkanes) is 2. The highest BCUT2D eigenvalue weighted by molar-refractivity contribution is 7.99. The van der Waals surface area contributed by atoms with Crippen LogP contribution in [0, 0.1) is 0 Å². The van der Waals surface area contributed by atoms with Crippen LogP contribution in [0.25, 0.3) is 0 Å². The van der Waals surface area contributed by atoms with Gasteiger partial charge in [0, 0.05) is 4.90 Å². The van der Waals surface area contributed by atoms with Crippen molar-refractivity contribution in [3.63, 3.8) is 0 Å². The van der Waals surface area contributed by atoms with E-state index in [1.54, 1.807) is 17.8 Å². The second-order valence-electron chi connectivity index (χ2n) is 3.77. The molecule has 0 radical (unpaired) electrons. The van der Waals surface area contributed by atoms with Gasteiger partial charge in [-0.2, -0.15) is 0 Å². The number of nitrogen functional groups attached to an aromatic ring is 1. The fraction of sp³-hybridized carbons (Fsp3) is 0.455. The standard InChI is InChI=1S/C11H18N2O2S2/c1-2-3-4-8-16-9-6-5-7-10(11(9)12)17(13,14)15/h5-7H,2-4,8,12H2,1H3,(H2,13,14,15). The van der Waals surface area contributed by atoms with Gasteiger partial charge in [-0.15, -0.1) is 11.8 Å². The van der Waals surface area contributed by atoms with Crippen LogP contribution < -0.4 is 10.9 Å². The second-order valence-corrected chi connectivity index (χ2v) is 6.44. The fourth-order valence-corrected chi connectivity index (χ4v) is 3.19. The third-order valence-corrected chi connectivity index (χ3v) is 4.47. The maximum absolute atomic E-state index is 11.3. The molecular formula is C11H18N2O2S2. The Labute approximate surface area is 107 Å². The molecule has 0 saturated heterocycles. The van der Waals surface area contributed by atoms with E-state index >= 15 is 0 Å². The zero-order valence-electron chi connectivity index (χ0n) is 9.85. The van der Waals surface area contributed by atoms with Crippen LogP contribution in [0.3, 0.4) is 0 Å². The molecule has 0 unspecified atom stereocenters. The monoisotopic (exact) mass is 274 g/mol. The highest BCUT2D eigenvalue weighted by Crippen LogP contribution is 2.30. The Kier molecular flexibility index (Phi) is 5.30. The average molecular weight is 274 g/mol. The lowest BCUT2D eigenvalue weighted by Crippen LogP contribution is -2.14. The lowest BCUT2D eigenvalue weighted by atomic mass is 10.3. The molecule has 0 fully saturated rings. The molecule has 1 aromatic carbocycles. The Hall–Kier alpha value is -0.720. The molecule has 6 heteroatoms. The van der Waals surface area contributed by atoms with E-state index in [1.807, 2.05) is 6.07 Å². The van der Waals surface area contributed by atoms with Gasteiger partial charge in [0.1, 0.15) is 4.90 Å². The summed E-state index contributed by atoms with van der Waals surface area (Å²) in [6.07, 6.45) is 3.43. The zero-order chi connectivity index (χ0) is 12.9. The molecule has 0 heterocycles. The SMILES string of the molecule is CCCCCSc1cccc(S(N)(=O)=O)c1N. The molecule has 0 aliphatic rings. The summed E-state index contributed by atoms with van der Waals surface area (Å²) >= 11 is 1.57. The molecule has 0 bridgehead atoms. The first kappa shape index (κ1) is 14.3. The molecule has 0 aliphatic carbocycles. The van der Waals surface area contributed by atoms with E-state index in [4.69, 9.17) is 10.9 Å². The molecule has 0 atom stereocenters. The van der Waals surface area contributed by atoms with Crippen molar-refractivity contribution in [3.8, 4) is 0 Å². The van der Waals surface area contributed by atoms with Crippen molar-refractivity contribution in [1.82, 2.24) is 0 Å². The number of primary sulfonamides is 1. The summed E-state index contributed by atoms with van der Waals surface area (Å²) < 4.78 is 22.5. The van der Waals surface area contributed by atoms with Crippen LogP contribution in [-0.2, 0) is 10.0 Å². The molecule has 4 nitrogen and oxygen atoms in total. The van der Waals surface area contributed by atoms with E-state index in [1.165, 1.54) is 12.5 Å². The van der Waals surface area contributed by atoms with Crippen LogP contribution in [-0.4, -0.2) is 14.2 Å². The van der Waals surface area contributed by atoms with Gasteiger partial charge in [0.25, 0.3) is 0 Å². The fourth-order valence-electron chi connectivity index (χ4n) is 1.43. The van der Waals surface area contributed by atoms with Crippen LogP contribution in [0.4, 0.5) is 5.69 Å². The lowest BCUT2D eigenvalue weighted by Gasteiger charge is -2.08. The van der Waals surface area contributed by atoms with E-state index in [2.05, 4.69) is 6.92 Å². The number of rotatable bonds is 6. The first-order valence-corrected chi connectivity index (χ1v) is 8.04. The Morgan fingerprint density at radius 1 is 1.29 bits per heavy atom. The molecular weight excluding hydrogens is 256 g/mol. The Morgan fingerprint density at radius 2 is 2.00 bits per heavy atom. The van der Waals surface area contributed by atoms with Crippen molar-refractivity contribution < 1.29 is 8.42 Å². The normalized spacial score (nSPS) is 11.6. The Morgan fingerprint density at radius 3 is 2.59 bits per heavy atom. The van der Waals surface area contributed by atoms with Gasteiger partial charge in [0.05, 0.1) is 5.69 Å². The average Bonchev–Trinajstić information content (AvgIpc) is 2.25. The molecule has 4 N–H and O–H groups in total. The topological polar surface area (TPSA) is 86.2 Å². The van der Waals surface area contributed by atoms with Crippen LogP contribution >= 0.6 is 11.8 Å². The van der Waals surface area contributed by atoms with Gasteiger partial charge < -0.3 is 5.73 Å². The molecule has 0 aromatic heterocycles. The first-order valence-electron chi connectivity index (χ1n) is 5.51. The predicted octanol–water partition coefficient (Wildman–Crippen LogP) is 2.20. The van der Waals surface area contributed by atoms with Gasteiger partial charge in [0.2, 0.25) is 10.0 Å². The summed E-state index contributed by atoms with van der Waals surface area (Å²) in [4.78, 5) is 0.797. The summed E-state index contributed by atoms with van der Waals surface area (Å²) in [5.74, 6) is 0.937. The third kappa shape index (κ3) is 4.22. The Bertz CT molecular complexity index is 472. The zero-order valence-corrected chi connectivity index (χ0v) is 11.5. The van der Waals surface area contributed by atoms with Gasteiger partial charge in [-0.1, -0.05) is 25.8 Å². The number of hydrogen-bond donors (Lipinski definition) is 2. The smallest absolute Gasteiger partial charge is 0.240 e. The Balaban J connectivity index is 2.81. The van der Waals surface area contributed by atoms with Gasteiger partial charge >= 0.3 is 0 Å². The summed E-state index contributed by atoms with van der Waals surface area (Å²) in [6.45, 7) is 2.14. The van der Waals surface area contributed by atoms with Crippen LogP contribution in [0.5, 0.6) is 0 Å². The van der Waals surface area contributed by atoms with Crippen molar-refractivity contribution in [1.29, 1.82) is 0 Å². The minimum atomic E-state index is -3.73. The van der Waals surface area contributed by atoms with Gasteiger partial charge in [-0.3, -0.25) is 0 Å². The van der Waals surface area contributed by atoms with Crippen molar-refractivity contribution >= 4 is 27.5 Å². The minimum absolute atomic E-state index is 0.0120. The number of anilines is 1. The van der Waals surface area contributed by atoms with Crippen LogP contribution in [0.1, 0.15) is 26.2 Å². The van der Waals surface area contributed by atoms with Crippen molar-refractivity contribution in [2.45, 2.75) is 36.0 Å². The van der Waals surface area contributed by atoms with Gasteiger partial charge in [-0.05, 0) is 24.3 Å². The van der Waals surface area contributed by atoms with E-state index in [0.717, 1.165) is 23.5 Å². The molecule has 0 amide bonds. The summed E-state index contributed by atoms with van der Waals surface area (Å²) in [6, 6.07) is 4.92. The summed E-state index contributed by atoms with van der Waals surface area (Å²) in [5, 5.41) is 5.09. The van der Waals surface area contributed by atoms with Gasteiger partial charge in [0.15, 0.2) is 0 Å². The summed E-state index contributed by atoms with van der Waals surface area (Å²) in [5.41, 5.74) is 6.06. The van der Waals surface area contributed by atoms with Crippen molar-refractivity contribution in [2.24, 2.45) is 5.14 Å². The van der Waals surface area contributed by atoms with E-state index in [9.17, 15) is 8.42 Å². The van der Waals surface area contributed by atoms with Crippen molar-refractivity contribution in [2.75, 3.05) is 11.5 Å². The highest BCUT2D eigenvalue weighted by atomic mass is 32.2. The van der Waals surface area contributed by atoms with Gasteiger partial charge in [-0.25, -0.2) is 13.6 Å². The number of benzene rings is 1. The number of sulfonamides is 1. The molecule has 1 aromatic rings. The van der Waals surface area contributed by atoms with Crippen molar-refractivity contribution in [3.05, 3.63) is 18.2 Å². The first-order chi connectivity index (χ1) is 7.96. The largest absolute Gasteiger partial charge is 0.397 e. The molecule has 1 rings (SSSR count). The van der Waals surface area contributed by atoms with Crippen LogP contribution in [0.15, 0.2) is 28.0 Å². The number of thioether (sulfide) groups is 1. The quantitative estimate of drug-likeness (QED) is 0.473. The lowest BCUT2D eigenvalue weighted by molar-refractivity contribution is 0.598. The van der Waals surface area contributed by atoms with E-state index < -0.39 is 10.0 Å². The molecule has 17 heavy (non-hydrogen) atoms. The second kappa shape index (κ2) is 6.28. The third-order valence-electron chi connectivity index (χ3n) is 2.34. The molecule has 96 valence electrons. The molecule has 0 spiro atoms. The molecule has 0 saturated carbocycles. The minimum Gasteiger partial charge on any atom is -0.397 e. The summed E-state index contributed by atoms with van der Waals surface area (Å²) in [7, 11) is -3.73. The van der Waals surface area contributed by atoms with E-state index in [-0.39, 0.29) is 10.6 Å². The van der Waals surface area contributed by atoms with E-state index in [0.29, 0.717) is 0 Å². The van der Waals surface area contributed by atoms with Crippen LogP contribution in [0.2, 0.25) is 0 Å². The molecule has 0 aliphatic heterocycles. The predicted molar refractivity (Wildman–Crippen MR) is 72.5 cm³/mol. The highest BCUT2D eigenvalue weighted by Gasteiger charge is 2.14.